The van der Waals surface area contributed by atoms with Crippen LogP contribution >= 0.6 is 0 Å². The lowest BCUT2D eigenvalue weighted by Gasteiger charge is -2.07. The Morgan fingerprint density at radius 1 is 0.600 bits per heavy atom. The van der Waals surface area contributed by atoms with Crippen LogP contribution in [0.2, 0.25) is 0 Å². The molecule has 0 N–H and O–H groups in total. The lowest BCUT2D eigenvalue weighted by molar-refractivity contribution is 0.266. The third-order valence-corrected chi connectivity index (χ3v) is 2.70. The molecule has 0 aliphatic rings. The Bertz CT molecular complexity index is 460. The molecule has 0 radical (unpaired) electrons. The molecule has 4 heteroatoms. The highest BCUT2D eigenvalue weighted by molar-refractivity contribution is 5.22. The van der Waals surface area contributed by atoms with Gasteiger partial charge in [-0.2, -0.15) is 0 Å². The normalized spacial score (nSPS) is 10.3. The predicted molar refractivity (Wildman–Crippen MR) is 73.0 cm³/mol. The van der Waals surface area contributed by atoms with Crippen LogP contribution in [-0.4, -0.2) is 13.2 Å². The quantitative estimate of drug-likeness (QED) is 0.707. The largest absolute Gasteiger partial charge is 0.494 e. The summed E-state index contributed by atoms with van der Waals surface area (Å²) in [7, 11) is 0. The molecule has 106 valence electrons. The highest BCUT2D eigenvalue weighted by atomic mass is 19.1. The van der Waals surface area contributed by atoms with Gasteiger partial charge >= 0.3 is 0 Å². The maximum absolute atomic E-state index is 12.7. The Labute approximate surface area is 117 Å². The van der Waals surface area contributed by atoms with Crippen molar-refractivity contribution < 1.29 is 18.3 Å². The van der Waals surface area contributed by atoms with Gasteiger partial charge in [-0.25, -0.2) is 8.78 Å². The minimum Gasteiger partial charge on any atom is -0.494 e. The minimum atomic E-state index is -0.273. The van der Waals surface area contributed by atoms with E-state index in [1.807, 2.05) is 0 Å². The van der Waals surface area contributed by atoms with Gasteiger partial charge in [0.25, 0.3) is 0 Å². The highest BCUT2D eigenvalue weighted by Gasteiger charge is 1.97. The summed E-state index contributed by atoms with van der Waals surface area (Å²) in [5.74, 6) is 0.770. The summed E-state index contributed by atoms with van der Waals surface area (Å²) in [5.41, 5.74) is 0. The number of ether oxygens (including phenoxy) is 2. The van der Waals surface area contributed by atoms with Crippen LogP contribution in [0, 0.1) is 11.6 Å². The molecule has 0 unspecified atom stereocenters. The Kier molecular flexibility index (Phi) is 5.35. The summed E-state index contributed by atoms with van der Waals surface area (Å²) in [6, 6.07) is 11.9. The Morgan fingerprint density at radius 2 is 0.950 bits per heavy atom. The van der Waals surface area contributed by atoms with Crippen molar-refractivity contribution in [3.05, 3.63) is 60.2 Å². The zero-order valence-corrected chi connectivity index (χ0v) is 11.0. The summed E-state index contributed by atoms with van der Waals surface area (Å²) >= 11 is 0. The van der Waals surface area contributed by atoms with Crippen LogP contribution in [0.5, 0.6) is 11.5 Å². The Morgan fingerprint density at radius 3 is 1.30 bits per heavy atom. The van der Waals surface area contributed by atoms with Crippen molar-refractivity contribution in [3.8, 4) is 11.5 Å². The molecule has 0 atom stereocenters. The molecule has 0 fully saturated rings. The molecule has 0 saturated heterocycles. The number of unbranched alkanes of at least 4 members (excludes halogenated alkanes) is 1. The summed E-state index contributed by atoms with van der Waals surface area (Å²) in [4.78, 5) is 0. The van der Waals surface area contributed by atoms with E-state index in [-0.39, 0.29) is 11.6 Å². The Hall–Kier alpha value is -2.10. The first-order valence-electron chi connectivity index (χ1n) is 6.51. The zero-order chi connectivity index (χ0) is 14.2. The molecule has 0 aliphatic carbocycles. The fourth-order valence-electron chi connectivity index (χ4n) is 1.65. The van der Waals surface area contributed by atoms with Crippen LogP contribution in [0.4, 0.5) is 8.78 Å². The molecule has 2 rings (SSSR count). The molecule has 0 amide bonds. The number of benzene rings is 2. The van der Waals surface area contributed by atoms with Gasteiger partial charge in [-0.3, -0.25) is 0 Å². The average Bonchev–Trinajstić information content (AvgIpc) is 2.46. The lowest BCUT2D eigenvalue weighted by atomic mass is 10.3. The van der Waals surface area contributed by atoms with Crippen molar-refractivity contribution in [1.82, 2.24) is 0 Å². The molecule has 2 nitrogen and oxygen atoms in total. The van der Waals surface area contributed by atoms with Crippen LogP contribution in [0.3, 0.4) is 0 Å². The fourth-order valence-corrected chi connectivity index (χ4v) is 1.65. The molecule has 0 bridgehead atoms. The van der Waals surface area contributed by atoms with Gasteiger partial charge in [0.2, 0.25) is 0 Å². The second-order valence-corrected chi connectivity index (χ2v) is 4.31. The summed E-state index contributed by atoms with van der Waals surface area (Å²) in [5, 5.41) is 0. The van der Waals surface area contributed by atoms with Gasteiger partial charge in [0.05, 0.1) is 13.2 Å². The standard InChI is InChI=1S/C16H16F2O2/c17-13-3-7-15(8-4-13)19-11-1-2-12-20-16-9-5-14(18)6-10-16/h3-10H,1-2,11-12H2. The van der Waals surface area contributed by atoms with E-state index in [1.54, 1.807) is 24.3 Å². The molecule has 0 spiro atoms. The molecule has 2 aromatic carbocycles. The van der Waals surface area contributed by atoms with Crippen LogP contribution in [-0.2, 0) is 0 Å². The summed E-state index contributed by atoms with van der Waals surface area (Å²) in [6.07, 6.45) is 1.66. The zero-order valence-electron chi connectivity index (χ0n) is 11.0. The predicted octanol–water partition coefficient (Wildman–Crippen LogP) is 4.20. The maximum atomic E-state index is 12.7. The van der Waals surface area contributed by atoms with Gasteiger partial charge in [0.15, 0.2) is 0 Å². The molecule has 2 aromatic rings. The van der Waals surface area contributed by atoms with Gasteiger partial charge in [-0.05, 0) is 61.4 Å². The molecule has 0 aromatic heterocycles. The van der Waals surface area contributed by atoms with Crippen molar-refractivity contribution in [1.29, 1.82) is 0 Å². The molecule has 20 heavy (non-hydrogen) atoms. The summed E-state index contributed by atoms with van der Waals surface area (Å²) in [6.45, 7) is 1.11. The van der Waals surface area contributed by atoms with Crippen LogP contribution in [0.1, 0.15) is 12.8 Å². The number of hydrogen-bond acceptors (Lipinski definition) is 2. The fraction of sp³-hybridized carbons (Fsp3) is 0.250. The second-order valence-electron chi connectivity index (χ2n) is 4.31. The smallest absolute Gasteiger partial charge is 0.123 e. The first kappa shape index (κ1) is 14.3. The van der Waals surface area contributed by atoms with Crippen LogP contribution in [0.25, 0.3) is 0 Å². The second kappa shape index (κ2) is 7.48. The minimum absolute atomic E-state index is 0.273. The Balaban J connectivity index is 1.57. The maximum Gasteiger partial charge on any atom is 0.123 e. The first-order chi connectivity index (χ1) is 9.74. The van der Waals surface area contributed by atoms with E-state index < -0.39 is 0 Å². The van der Waals surface area contributed by atoms with E-state index >= 15 is 0 Å². The molecular formula is C16H16F2O2. The van der Waals surface area contributed by atoms with Gasteiger partial charge in [0, 0.05) is 0 Å². The number of rotatable bonds is 7. The molecule has 0 saturated carbocycles. The van der Waals surface area contributed by atoms with Crippen molar-refractivity contribution >= 4 is 0 Å². The van der Waals surface area contributed by atoms with E-state index in [4.69, 9.17) is 9.47 Å². The average molecular weight is 278 g/mol. The van der Waals surface area contributed by atoms with E-state index in [2.05, 4.69) is 0 Å². The summed E-state index contributed by atoms with van der Waals surface area (Å²) < 4.78 is 36.2. The van der Waals surface area contributed by atoms with Crippen molar-refractivity contribution in [3.63, 3.8) is 0 Å². The third kappa shape index (κ3) is 4.88. The van der Waals surface area contributed by atoms with E-state index in [0.29, 0.717) is 24.7 Å². The van der Waals surface area contributed by atoms with Gasteiger partial charge in [-0.15, -0.1) is 0 Å². The van der Waals surface area contributed by atoms with Crippen molar-refractivity contribution in [2.24, 2.45) is 0 Å². The SMILES string of the molecule is Fc1ccc(OCCCCOc2ccc(F)cc2)cc1. The van der Waals surface area contributed by atoms with Gasteiger partial charge < -0.3 is 9.47 Å². The molecule has 0 aliphatic heterocycles. The van der Waals surface area contributed by atoms with Crippen LogP contribution in [0.15, 0.2) is 48.5 Å². The molecule has 0 heterocycles. The molecular weight excluding hydrogens is 262 g/mol. The van der Waals surface area contributed by atoms with Crippen molar-refractivity contribution in [2.45, 2.75) is 12.8 Å². The van der Waals surface area contributed by atoms with E-state index in [0.717, 1.165) is 12.8 Å². The van der Waals surface area contributed by atoms with Gasteiger partial charge in [0.1, 0.15) is 23.1 Å². The third-order valence-electron chi connectivity index (χ3n) is 2.70. The number of halogens is 2. The first-order valence-corrected chi connectivity index (χ1v) is 6.51. The topological polar surface area (TPSA) is 18.5 Å². The van der Waals surface area contributed by atoms with Gasteiger partial charge in [-0.1, -0.05) is 0 Å². The van der Waals surface area contributed by atoms with Crippen molar-refractivity contribution in [2.75, 3.05) is 13.2 Å². The number of hydrogen-bond donors (Lipinski definition) is 0. The van der Waals surface area contributed by atoms with Crippen LogP contribution < -0.4 is 9.47 Å². The lowest BCUT2D eigenvalue weighted by Crippen LogP contribution is -2.02. The highest BCUT2D eigenvalue weighted by Crippen LogP contribution is 2.13. The monoisotopic (exact) mass is 278 g/mol. The van der Waals surface area contributed by atoms with E-state index in [1.165, 1.54) is 24.3 Å². The van der Waals surface area contributed by atoms with E-state index in [9.17, 15) is 8.78 Å².